The maximum Gasteiger partial charge on any atom is 0.160 e. The van der Waals surface area contributed by atoms with Crippen molar-refractivity contribution in [1.82, 2.24) is 0 Å². The summed E-state index contributed by atoms with van der Waals surface area (Å²) in [4.78, 5) is 11.6. The molecule has 2 rings (SSSR count). The number of methoxy groups -OCH3 is 1. The summed E-state index contributed by atoms with van der Waals surface area (Å²) in [6, 6.07) is 5.64. The topological polar surface area (TPSA) is 26.3 Å². The summed E-state index contributed by atoms with van der Waals surface area (Å²) < 4.78 is 5.14. The molecular formula is C14H14O2. The van der Waals surface area contributed by atoms with Crippen LogP contribution < -0.4 is 4.74 Å². The van der Waals surface area contributed by atoms with Gasteiger partial charge in [0.1, 0.15) is 5.75 Å². The Kier molecular flexibility index (Phi) is 2.91. The molecule has 0 spiro atoms. The van der Waals surface area contributed by atoms with Crippen LogP contribution in [0.15, 0.2) is 36.4 Å². The molecule has 0 fully saturated rings. The van der Waals surface area contributed by atoms with Crippen molar-refractivity contribution in [3.05, 3.63) is 47.6 Å². The molecule has 0 unspecified atom stereocenters. The average molecular weight is 214 g/mol. The Morgan fingerprint density at radius 2 is 2.19 bits per heavy atom. The van der Waals surface area contributed by atoms with Gasteiger partial charge in [-0.2, -0.15) is 0 Å². The predicted octanol–water partition coefficient (Wildman–Crippen LogP) is 3.24. The minimum atomic E-state index is 0.0710. The Labute approximate surface area is 95.2 Å². The van der Waals surface area contributed by atoms with E-state index < -0.39 is 0 Å². The van der Waals surface area contributed by atoms with Crippen LogP contribution in [-0.4, -0.2) is 12.9 Å². The fourth-order valence-electron chi connectivity index (χ4n) is 1.87. The van der Waals surface area contributed by atoms with E-state index in [0.29, 0.717) is 0 Å². The van der Waals surface area contributed by atoms with Gasteiger partial charge in [0.15, 0.2) is 5.78 Å². The van der Waals surface area contributed by atoms with Crippen molar-refractivity contribution < 1.29 is 9.53 Å². The molecule has 0 heterocycles. The smallest absolute Gasteiger partial charge is 0.160 e. The van der Waals surface area contributed by atoms with Crippen LogP contribution >= 0.6 is 0 Å². The molecule has 16 heavy (non-hydrogen) atoms. The summed E-state index contributed by atoms with van der Waals surface area (Å²) in [7, 11) is 1.61. The van der Waals surface area contributed by atoms with Gasteiger partial charge in [0.25, 0.3) is 0 Å². The Morgan fingerprint density at radius 3 is 2.75 bits per heavy atom. The molecular weight excluding hydrogens is 200 g/mol. The highest BCUT2D eigenvalue weighted by Gasteiger charge is 2.12. The number of rotatable bonds is 3. The van der Waals surface area contributed by atoms with E-state index in [2.05, 4.69) is 6.08 Å². The van der Waals surface area contributed by atoms with E-state index in [1.807, 2.05) is 24.3 Å². The molecule has 0 radical (unpaired) electrons. The lowest BCUT2D eigenvalue weighted by Crippen LogP contribution is -1.99. The highest BCUT2D eigenvalue weighted by Crippen LogP contribution is 2.29. The number of carbonyl (C=O) groups excluding carboxylic acids is 1. The first kappa shape index (κ1) is 10.7. The van der Waals surface area contributed by atoms with E-state index >= 15 is 0 Å². The van der Waals surface area contributed by atoms with Crippen LogP contribution in [0.1, 0.15) is 29.3 Å². The Bertz CT molecular complexity index is 482. The van der Waals surface area contributed by atoms with Gasteiger partial charge in [-0.05, 0) is 36.6 Å². The van der Waals surface area contributed by atoms with Crippen molar-refractivity contribution in [2.45, 2.75) is 13.3 Å². The fourth-order valence-corrected chi connectivity index (χ4v) is 1.87. The molecule has 2 nitrogen and oxygen atoms in total. The van der Waals surface area contributed by atoms with Gasteiger partial charge in [-0.15, -0.1) is 0 Å². The summed E-state index contributed by atoms with van der Waals surface area (Å²) in [5.74, 6) is 0.794. The average Bonchev–Trinajstić information content (AvgIpc) is 2.81. The van der Waals surface area contributed by atoms with Crippen molar-refractivity contribution in [1.29, 1.82) is 0 Å². The van der Waals surface area contributed by atoms with Gasteiger partial charge in [-0.3, -0.25) is 4.79 Å². The van der Waals surface area contributed by atoms with Crippen molar-refractivity contribution in [3.63, 3.8) is 0 Å². The second-order valence-electron chi connectivity index (χ2n) is 3.79. The molecule has 0 atom stereocenters. The minimum absolute atomic E-state index is 0.0710. The molecule has 0 amide bonds. The van der Waals surface area contributed by atoms with Crippen LogP contribution in [0.2, 0.25) is 0 Å². The highest BCUT2D eigenvalue weighted by molar-refractivity contribution is 6.00. The summed E-state index contributed by atoms with van der Waals surface area (Å²) in [5, 5.41) is 0. The van der Waals surface area contributed by atoms with Crippen LogP contribution in [0.25, 0.3) is 5.57 Å². The zero-order valence-corrected chi connectivity index (χ0v) is 9.49. The first-order chi connectivity index (χ1) is 7.72. The SMILES string of the molecule is COc1ccc(C2=CC=CC2)c(C(C)=O)c1. The van der Waals surface area contributed by atoms with Crippen molar-refractivity contribution >= 4 is 11.4 Å². The number of hydrogen-bond donors (Lipinski definition) is 0. The van der Waals surface area contributed by atoms with Gasteiger partial charge in [0.2, 0.25) is 0 Å². The Balaban J connectivity index is 2.48. The quantitative estimate of drug-likeness (QED) is 0.722. The first-order valence-electron chi connectivity index (χ1n) is 5.27. The maximum absolute atomic E-state index is 11.6. The third-order valence-corrected chi connectivity index (χ3v) is 2.72. The third-order valence-electron chi connectivity index (χ3n) is 2.72. The van der Waals surface area contributed by atoms with Crippen molar-refractivity contribution in [2.24, 2.45) is 0 Å². The highest BCUT2D eigenvalue weighted by atomic mass is 16.5. The van der Waals surface area contributed by atoms with Gasteiger partial charge in [0, 0.05) is 5.56 Å². The summed E-state index contributed by atoms with van der Waals surface area (Å²) in [6.07, 6.45) is 7.05. The molecule has 0 aliphatic heterocycles. The van der Waals surface area contributed by atoms with Gasteiger partial charge in [-0.1, -0.05) is 24.3 Å². The van der Waals surface area contributed by atoms with E-state index in [4.69, 9.17) is 4.74 Å². The second-order valence-corrected chi connectivity index (χ2v) is 3.79. The largest absolute Gasteiger partial charge is 0.497 e. The molecule has 0 saturated carbocycles. The van der Waals surface area contributed by atoms with Crippen molar-refractivity contribution in [3.8, 4) is 5.75 Å². The van der Waals surface area contributed by atoms with E-state index in [9.17, 15) is 4.79 Å². The maximum atomic E-state index is 11.6. The number of ether oxygens (including phenoxy) is 1. The third kappa shape index (κ3) is 1.91. The molecule has 82 valence electrons. The second kappa shape index (κ2) is 4.35. The fraction of sp³-hybridized carbons (Fsp3) is 0.214. The zero-order valence-electron chi connectivity index (χ0n) is 9.49. The normalized spacial score (nSPS) is 13.8. The lowest BCUT2D eigenvalue weighted by molar-refractivity contribution is 0.101. The molecule has 0 bridgehead atoms. The van der Waals surface area contributed by atoms with Crippen LogP contribution in [0.4, 0.5) is 0 Å². The first-order valence-corrected chi connectivity index (χ1v) is 5.27. The van der Waals surface area contributed by atoms with E-state index in [1.165, 1.54) is 5.57 Å². The van der Waals surface area contributed by atoms with Gasteiger partial charge >= 0.3 is 0 Å². The molecule has 1 aliphatic rings. The van der Waals surface area contributed by atoms with E-state index in [-0.39, 0.29) is 5.78 Å². The lowest BCUT2D eigenvalue weighted by atomic mass is 9.96. The van der Waals surface area contributed by atoms with E-state index in [0.717, 1.165) is 23.3 Å². The lowest BCUT2D eigenvalue weighted by Gasteiger charge is -2.10. The standard InChI is InChI=1S/C14H14O2/c1-10(15)14-9-12(16-2)7-8-13(14)11-5-3-4-6-11/h3-5,7-9H,6H2,1-2H3. The monoisotopic (exact) mass is 214 g/mol. The number of Topliss-reactive ketones (excluding diaryl/α,β-unsaturated/α-hetero) is 1. The van der Waals surface area contributed by atoms with Crippen LogP contribution in [0.3, 0.4) is 0 Å². The molecule has 0 saturated heterocycles. The molecule has 1 aromatic carbocycles. The number of ketones is 1. The number of allylic oxidation sites excluding steroid dienone is 4. The van der Waals surface area contributed by atoms with Gasteiger partial charge < -0.3 is 4.74 Å². The molecule has 1 aliphatic carbocycles. The zero-order chi connectivity index (χ0) is 11.5. The number of carbonyl (C=O) groups is 1. The molecule has 0 N–H and O–H groups in total. The summed E-state index contributed by atoms with van der Waals surface area (Å²) in [6.45, 7) is 1.58. The molecule has 1 aromatic rings. The number of benzene rings is 1. The van der Waals surface area contributed by atoms with Crippen molar-refractivity contribution in [2.75, 3.05) is 7.11 Å². The Morgan fingerprint density at radius 1 is 1.38 bits per heavy atom. The summed E-state index contributed by atoms with van der Waals surface area (Å²) >= 11 is 0. The van der Waals surface area contributed by atoms with Crippen LogP contribution in [0, 0.1) is 0 Å². The molecule has 2 heteroatoms. The Hall–Kier alpha value is -1.83. The summed E-state index contributed by atoms with van der Waals surface area (Å²) in [5.41, 5.74) is 2.93. The van der Waals surface area contributed by atoms with Gasteiger partial charge in [0.05, 0.1) is 7.11 Å². The van der Waals surface area contributed by atoms with Crippen LogP contribution in [0.5, 0.6) is 5.75 Å². The molecule has 0 aromatic heterocycles. The van der Waals surface area contributed by atoms with E-state index in [1.54, 1.807) is 20.1 Å². The minimum Gasteiger partial charge on any atom is -0.497 e. The predicted molar refractivity (Wildman–Crippen MR) is 64.7 cm³/mol. The van der Waals surface area contributed by atoms with Gasteiger partial charge in [-0.25, -0.2) is 0 Å². The van der Waals surface area contributed by atoms with Crippen LogP contribution in [-0.2, 0) is 0 Å². The number of hydrogen-bond acceptors (Lipinski definition) is 2.